The van der Waals surface area contributed by atoms with Crippen LogP contribution in [0, 0.1) is 17.2 Å². The minimum Gasteiger partial charge on any atom is -0.372 e. The van der Waals surface area contributed by atoms with Gasteiger partial charge < -0.3 is 10.2 Å². The maximum atomic E-state index is 12.1. The Bertz CT molecular complexity index is 543. The molecule has 1 aromatic carbocycles. The van der Waals surface area contributed by atoms with Crippen molar-refractivity contribution in [2.45, 2.75) is 26.7 Å². The lowest BCUT2D eigenvalue weighted by Crippen LogP contribution is -2.35. The van der Waals surface area contributed by atoms with Gasteiger partial charge >= 0.3 is 0 Å². The standard InChI is InChI=1S/C18H26N4O/c1-3-21(13-15(2)12-19)14-18(23)20-16-6-8-17(9-7-16)22-10-4-5-11-22/h6-9,15H,3-5,10-11,13-14H2,1-2H3,(H,20,23). The molecule has 1 heterocycles. The maximum absolute atomic E-state index is 12.1. The molecule has 0 aromatic heterocycles. The van der Waals surface area contributed by atoms with Gasteiger partial charge in [0.05, 0.1) is 18.5 Å². The molecule has 0 radical (unpaired) electrons. The van der Waals surface area contributed by atoms with E-state index in [-0.39, 0.29) is 11.8 Å². The molecule has 0 spiro atoms. The van der Waals surface area contributed by atoms with E-state index in [9.17, 15) is 4.79 Å². The van der Waals surface area contributed by atoms with Crippen molar-refractivity contribution in [3.8, 4) is 6.07 Å². The van der Waals surface area contributed by atoms with Gasteiger partial charge in [-0.25, -0.2) is 0 Å². The molecule has 1 atom stereocenters. The number of hydrogen-bond donors (Lipinski definition) is 1. The Morgan fingerprint density at radius 2 is 2.00 bits per heavy atom. The largest absolute Gasteiger partial charge is 0.372 e. The zero-order chi connectivity index (χ0) is 16.7. The van der Waals surface area contributed by atoms with Crippen LogP contribution in [0.15, 0.2) is 24.3 Å². The molecule has 1 aromatic rings. The van der Waals surface area contributed by atoms with E-state index in [0.717, 1.165) is 25.3 Å². The first-order valence-electron chi connectivity index (χ1n) is 8.39. The fourth-order valence-corrected chi connectivity index (χ4v) is 2.87. The minimum absolute atomic E-state index is 0.0362. The van der Waals surface area contributed by atoms with Crippen LogP contribution in [0.4, 0.5) is 11.4 Å². The number of nitriles is 1. The molecule has 1 fully saturated rings. The third-order valence-corrected chi connectivity index (χ3v) is 4.19. The van der Waals surface area contributed by atoms with Crippen molar-refractivity contribution in [3.63, 3.8) is 0 Å². The fraction of sp³-hybridized carbons (Fsp3) is 0.556. The lowest BCUT2D eigenvalue weighted by atomic mass is 10.2. The topological polar surface area (TPSA) is 59.4 Å². The number of nitrogens with zero attached hydrogens (tertiary/aromatic N) is 3. The van der Waals surface area contributed by atoms with Crippen molar-refractivity contribution in [3.05, 3.63) is 24.3 Å². The Kier molecular flexibility index (Phi) is 6.42. The lowest BCUT2D eigenvalue weighted by molar-refractivity contribution is -0.117. The molecule has 1 amide bonds. The number of benzene rings is 1. The van der Waals surface area contributed by atoms with Gasteiger partial charge in [-0.1, -0.05) is 6.92 Å². The summed E-state index contributed by atoms with van der Waals surface area (Å²) in [6, 6.07) is 10.3. The Balaban J connectivity index is 1.85. The summed E-state index contributed by atoms with van der Waals surface area (Å²) in [6.45, 7) is 7.81. The number of likely N-dealkylation sites (N-methyl/N-ethyl adjacent to an activating group) is 1. The van der Waals surface area contributed by atoms with Crippen molar-refractivity contribution in [1.29, 1.82) is 5.26 Å². The molecule has 5 heteroatoms. The quantitative estimate of drug-likeness (QED) is 0.840. The summed E-state index contributed by atoms with van der Waals surface area (Å²) in [5.41, 5.74) is 2.04. The highest BCUT2D eigenvalue weighted by molar-refractivity contribution is 5.92. The normalized spacial score (nSPS) is 15.5. The highest BCUT2D eigenvalue weighted by atomic mass is 16.2. The van der Waals surface area contributed by atoms with Gasteiger partial charge in [-0.2, -0.15) is 5.26 Å². The van der Waals surface area contributed by atoms with E-state index < -0.39 is 0 Å². The van der Waals surface area contributed by atoms with Crippen LogP contribution in [0.5, 0.6) is 0 Å². The lowest BCUT2D eigenvalue weighted by Gasteiger charge is -2.21. The average Bonchev–Trinajstić information content (AvgIpc) is 3.09. The molecule has 1 unspecified atom stereocenters. The van der Waals surface area contributed by atoms with Gasteiger partial charge in [0.25, 0.3) is 0 Å². The van der Waals surface area contributed by atoms with Crippen molar-refractivity contribution in [2.75, 3.05) is 42.9 Å². The number of hydrogen-bond acceptors (Lipinski definition) is 4. The Labute approximate surface area is 138 Å². The monoisotopic (exact) mass is 314 g/mol. The molecule has 0 bridgehead atoms. The summed E-state index contributed by atoms with van der Waals surface area (Å²) in [5, 5.41) is 11.8. The third kappa shape index (κ3) is 5.26. The summed E-state index contributed by atoms with van der Waals surface area (Å²) in [7, 11) is 0. The second kappa shape index (κ2) is 8.54. The first-order chi connectivity index (χ1) is 11.1. The Hall–Kier alpha value is -2.06. The van der Waals surface area contributed by atoms with E-state index in [4.69, 9.17) is 5.26 Å². The zero-order valence-electron chi connectivity index (χ0n) is 14.1. The molecular weight excluding hydrogens is 288 g/mol. The number of carbonyl (C=O) groups excluding carboxylic acids is 1. The second-order valence-electron chi connectivity index (χ2n) is 6.15. The minimum atomic E-state index is -0.0671. The van der Waals surface area contributed by atoms with E-state index in [1.165, 1.54) is 18.5 Å². The molecule has 2 rings (SSSR count). The van der Waals surface area contributed by atoms with Gasteiger partial charge in [-0.3, -0.25) is 9.69 Å². The Morgan fingerprint density at radius 1 is 1.35 bits per heavy atom. The highest BCUT2D eigenvalue weighted by Gasteiger charge is 2.14. The molecule has 1 aliphatic heterocycles. The van der Waals surface area contributed by atoms with Crippen LogP contribution >= 0.6 is 0 Å². The van der Waals surface area contributed by atoms with Crippen molar-refractivity contribution in [2.24, 2.45) is 5.92 Å². The van der Waals surface area contributed by atoms with Crippen LogP contribution in [0.25, 0.3) is 0 Å². The van der Waals surface area contributed by atoms with E-state index >= 15 is 0 Å². The molecule has 124 valence electrons. The summed E-state index contributed by atoms with van der Waals surface area (Å²) < 4.78 is 0. The molecular formula is C18H26N4O. The summed E-state index contributed by atoms with van der Waals surface area (Å²) in [6.07, 6.45) is 2.51. The van der Waals surface area contributed by atoms with Crippen LogP contribution in [-0.2, 0) is 4.79 Å². The molecule has 1 N–H and O–H groups in total. The van der Waals surface area contributed by atoms with E-state index in [1.807, 2.05) is 30.9 Å². The molecule has 5 nitrogen and oxygen atoms in total. The van der Waals surface area contributed by atoms with Crippen molar-refractivity contribution < 1.29 is 4.79 Å². The van der Waals surface area contributed by atoms with E-state index in [0.29, 0.717) is 13.1 Å². The Morgan fingerprint density at radius 3 is 2.57 bits per heavy atom. The van der Waals surface area contributed by atoms with Gasteiger partial charge in [0.1, 0.15) is 0 Å². The maximum Gasteiger partial charge on any atom is 0.238 e. The summed E-state index contributed by atoms with van der Waals surface area (Å²) >= 11 is 0. The van der Waals surface area contributed by atoms with Crippen molar-refractivity contribution in [1.82, 2.24) is 4.90 Å². The molecule has 0 saturated carbocycles. The van der Waals surface area contributed by atoms with E-state index in [1.54, 1.807) is 0 Å². The predicted molar refractivity (Wildman–Crippen MR) is 93.4 cm³/mol. The van der Waals surface area contributed by atoms with Crippen LogP contribution in [0.3, 0.4) is 0 Å². The average molecular weight is 314 g/mol. The smallest absolute Gasteiger partial charge is 0.238 e. The van der Waals surface area contributed by atoms with Crippen LogP contribution in [0.1, 0.15) is 26.7 Å². The first-order valence-corrected chi connectivity index (χ1v) is 8.39. The summed E-state index contributed by atoms with van der Waals surface area (Å²) in [5.74, 6) is -0.103. The van der Waals surface area contributed by atoms with Crippen LogP contribution in [0.2, 0.25) is 0 Å². The molecule has 23 heavy (non-hydrogen) atoms. The number of carbonyl (C=O) groups is 1. The van der Waals surface area contributed by atoms with Crippen LogP contribution < -0.4 is 10.2 Å². The van der Waals surface area contributed by atoms with Crippen LogP contribution in [-0.4, -0.2) is 43.5 Å². The third-order valence-electron chi connectivity index (χ3n) is 4.19. The molecule has 1 saturated heterocycles. The number of rotatable bonds is 7. The number of nitrogens with one attached hydrogen (secondary N) is 1. The highest BCUT2D eigenvalue weighted by Crippen LogP contribution is 2.22. The number of anilines is 2. The molecule has 1 aliphatic rings. The zero-order valence-corrected chi connectivity index (χ0v) is 14.1. The van der Waals surface area contributed by atoms with Gasteiger partial charge in [0, 0.05) is 31.0 Å². The van der Waals surface area contributed by atoms with Gasteiger partial charge in [0.2, 0.25) is 5.91 Å². The molecule has 0 aliphatic carbocycles. The fourth-order valence-electron chi connectivity index (χ4n) is 2.87. The SMILES string of the molecule is CCN(CC(=O)Nc1ccc(N2CCCC2)cc1)CC(C)C#N. The summed E-state index contributed by atoms with van der Waals surface area (Å²) in [4.78, 5) is 16.5. The predicted octanol–water partition coefficient (Wildman–Crippen LogP) is 2.71. The first kappa shape index (κ1) is 17.3. The van der Waals surface area contributed by atoms with Gasteiger partial charge in [-0.05, 0) is 50.6 Å². The number of amides is 1. The van der Waals surface area contributed by atoms with Crippen molar-refractivity contribution >= 4 is 17.3 Å². The van der Waals surface area contributed by atoms with Gasteiger partial charge in [0.15, 0.2) is 0 Å². The van der Waals surface area contributed by atoms with E-state index in [2.05, 4.69) is 28.4 Å². The van der Waals surface area contributed by atoms with Gasteiger partial charge in [-0.15, -0.1) is 0 Å². The second-order valence-corrected chi connectivity index (χ2v) is 6.15.